The van der Waals surface area contributed by atoms with Crippen LogP contribution >= 0.6 is 0 Å². The van der Waals surface area contributed by atoms with E-state index in [9.17, 15) is 9.90 Å². The lowest BCUT2D eigenvalue weighted by molar-refractivity contribution is -0.122. The van der Waals surface area contributed by atoms with Crippen molar-refractivity contribution in [1.82, 2.24) is 14.9 Å². The third kappa shape index (κ3) is 4.94. The topological polar surface area (TPSA) is 93.2 Å². The molecule has 6 heteroatoms. The summed E-state index contributed by atoms with van der Waals surface area (Å²) in [5, 5.41) is 12.1. The van der Waals surface area contributed by atoms with E-state index in [1.54, 1.807) is 30.6 Å². The maximum atomic E-state index is 12.2. The number of nitrogens with two attached hydrogens (primary N) is 1. The molecule has 0 aliphatic carbocycles. The van der Waals surface area contributed by atoms with Crippen LogP contribution in [0.4, 0.5) is 0 Å². The molecule has 0 saturated carbocycles. The molecule has 3 aromatic rings. The molecule has 0 fully saturated rings. The Balaban J connectivity index is 1.50. The van der Waals surface area contributed by atoms with Crippen LogP contribution in [0.15, 0.2) is 67.1 Å². The van der Waals surface area contributed by atoms with E-state index in [-0.39, 0.29) is 11.7 Å². The lowest BCUT2D eigenvalue weighted by Crippen LogP contribution is -2.41. The summed E-state index contributed by atoms with van der Waals surface area (Å²) < 4.78 is 1.98. The van der Waals surface area contributed by atoms with E-state index in [0.29, 0.717) is 13.0 Å². The van der Waals surface area contributed by atoms with Gasteiger partial charge < -0.3 is 20.7 Å². The number of imidazole rings is 1. The smallest absolute Gasteiger partial charge is 0.237 e. The maximum Gasteiger partial charge on any atom is 0.237 e. The van der Waals surface area contributed by atoms with Crippen LogP contribution in [0.3, 0.4) is 0 Å². The van der Waals surface area contributed by atoms with Gasteiger partial charge in [-0.1, -0.05) is 42.5 Å². The van der Waals surface area contributed by atoms with Crippen LogP contribution in [0.5, 0.6) is 5.75 Å². The molecule has 0 aliphatic heterocycles. The highest BCUT2D eigenvalue weighted by atomic mass is 16.3. The van der Waals surface area contributed by atoms with Crippen molar-refractivity contribution in [2.45, 2.75) is 25.6 Å². The van der Waals surface area contributed by atoms with E-state index < -0.39 is 6.04 Å². The zero-order valence-electron chi connectivity index (χ0n) is 14.4. The van der Waals surface area contributed by atoms with Crippen molar-refractivity contribution >= 4 is 5.91 Å². The summed E-state index contributed by atoms with van der Waals surface area (Å²) in [6, 6.07) is 16.1. The fraction of sp³-hybridized carbons (Fsp3) is 0.200. The van der Waals surface area contributed by atoms with Crippen LogP contribution in [0.2, 0.25) is 0 Å². The summed E-state index contributed by atoms with van der Waals surface area (Å²) in [4.78, 5) is 16.5. The van der Waals surface area contributed by atoms with Gasteiger partial charge in [0.05, 0.1) is 18.1 Å². The van der Waals surface area contributed by atoms with Crippen molar-refractivity contribution in [2.24, 2.45) is 5.73 Å². The van der Waals surface area contributed by atoms with Crippen LogP contribution in [0.1, 0.15) is 16.8 Å². The predicted octanol–water partition coefficient (Wildman–Crippen LogP) is 1.82. The van der Waals surface area contributed by atoms with Gasteiger partial charge in [-0.25, -0.2) is 4.98 Å². The van der Waals surface area contributed by atoms with Gasteiger partial charge in [-0.15, -0.1) is 0 Å². The number of nitrogens with one attached hydrogen (secondary N) is 1. The molecule has 1 aromatic heterocycles. The lowest BCUT2D eigenvalue weighted by atomic mass is 10.1. The molecule has 0 saturated heterocycles. The number of aromatic hydroxyl groups is 1. The van der Waals surface area contributed by atoms with Gasteiger partial charge in [0.2, 0.25) is 5.91 Å². The van der Waals surface area contributed by atoms with Gasteiger partial charge in [0.1, 0.15) is 5.75 Å². The molecule has 3 rings (SSSR count). The number of phenols is 1. The molecule has 0 unspecified atom stereocenters. The molecular weight excluding hydrogens is 328 g/mol. The molecule has 0 spiro atoms. The number of carbonyl (C=O) groups excluding carboxylic acids is 1. The SMILES string of the molecule is N[C@H](Cc1cn(Cc2ccccc2)cn1)C(=O)NCc1ccc(O)cc1. The molecule has 1 atom stereocenters. The first-order chi connectivity index (χ1) is 12.6. The standard InChI is InChI=1S/C20H22N4O2/c21-19(20(26)22-11-15-6-8-18(25)9-7-15)10-17-13-24(14-23-17)12-16-4-2-1-3-5-16/h1-9,13-14,19,25H,10-12,21H2,(H,22,26)/t19-/m1/s1. The van der Waals surface area contributed by atoms with Gasteiger partial charge in [0.25, 0.3) is 0 Å². The van der Waals surface area contributed by atoms with Crippen LogP contribution < -0.4 is 11.1 Å². The average Bonchev–Trinajstić information content (AvgIpc) is 3.08. The van der Waals surface area contributed by atoms with Crippen molar-refractivity contribution in [2.75, 3.05) is 0 Å². The largest absolute Gasteiger partial charge is 0.508 e. The molecule has 4 N–H and O–H groups in total. The van der Waals surface area contributed by atoms with Gasteiger partial charge in [0.15, 0.2) is 0 Å². The monoisotopic (exact) mass is 350 g/mol. The third-order valence-electron chi connectivity index (χ3n) is 4.06. The van der Waals surface area contributed by atoms with Crippen molar-refractivity contribution in [3.05, 3.63) is 83.9 Å². The third-order valence-corrected chi connectivity index (χ3v) is 4.06. The van der Waals surface area contributed by atoms with Crippen LogP contribution in [-0.2, 0) is 24.3 Å². The van der Waals surface area contributed by atoms with Gasteiger partial charge >= 0.3 is 0 Å². The Labute approximate surface area is 152 Å². The minimum atomic E-state index is -0.660. The fourth-order valence-corrected chi connectivity index (χ4v) is 2.64. The Hall–Kier alpha value is -3.12. The van der Waals surface area contributed by atoms with E-state index in [0.717, 1.165) is 17.8 Å². The van der Waals surface area contributed by atoms with Gasteiger partial charge in [-0.3, -0.25) is 4.79 Å². The first-order valence-electron chi connectivity index (χ1n) is 8.46. The zero-order chi connectivity index (χ0) is 18.4. The van der Waals surface area contributed by atoms with Crippen LogP contribution in [0.25, 0.3) is 0 Å². The summed E-state index contributed by atoms with van der Waals surface area (Å²) in [6.07, 6.45) is 4.05. The minimum Gasteiger partial charge on any atom is -0.508 e. The quantitative estimate of drug-likeness (QED) is 0.606. The second-order valence-electron chi connectivity index (χ2n) is 6.22. The molecule has 0 aliphatic rings. The van der Waals surface area contributed by atoms with Gasteiger partial charge in [0, 0.05) is 25.7 Å². The predicted molar refractivity (Wildman–Crippen MR) is 99.4 cm³/mol. The highest BCUT2D eigenvalue weighted by molar-refractivity contribution is 5.81. The normalized spacial score (nSPS) is 11.9. The van der Waals surface area contributed by atoms with E-state index in [2.05, 4.69) is 22.4 Å². The Morgan fingerprint density at radius 1 is 1.12 bits per heavy atom. The summed E-state index contributed by atoms with van der Waals surface area (Å²) in [5.74, 6) is -0.0291. The summed E-state index contributed by atoms with van der Waals surface area (Å²) in [6.45, 7) is 1.10. The summed E-state index contributed by atoms with van der Waals surface area (Å²) >= 11 is 0. The Morgan fingerprint density at radius 3 is 2.58 bits per heavy atom. The minimum absolute atomic E-state index is 0.197. The highest BCUT2D eigenvalue weighted by Gasteiger charge is 2.15. The zero-order valence-corrected chi connectivity index (χ0v) is 14.4. The van der Waals surface area contributed by atoms with E-state index in [4.69, 9.17) is 5.73 Å². The molecular formula is C20H22N4O2. The van der Waals surface area contributed by atoms with Crippen molar-refractivity contribution in [1.29, 1.82) is 0 Å². The number of benzene rings is 2. The number of nitrogens with zero attached hydrogens (tertiary/aromatic N) is 2. The second-order valence-corrected chi connectivity index (χ2v) is 6.22. The first-order valence-corrected chi connectivity index (χ1v) is 8.46. The van der Waals surface area contributed by atoms with Crippen molar-refractivity contribution < 1.29 is 9.90 Å². The number of hydrogen-bond donors (Lipinski definition) is 3. The van der Waals surface area contributed by atoms with E-state index in [1.165, 1.54) is 5.56 Å². The van der Waals surface area contributed by atoms with E-state index >= 15 is 0 Å². The Kier molecular flexibility index (Phi) is 5.66. The average molecular weight is 350 g/mol. The van der Waals surface area contributed by atoms with Crippen molar-refractivity contribution in [3.8, 4) is 5.75 Å². The molecule has 134 valence electrons. The summed E-state index contributed by atoms with van der Waals surface area (Å²) in [5.41, 5.74) is 8.87. The van der Waals surface area contributed by atoms with Gasteiger partial charge in [-0.2, -0.15) is 0 Å². The molecule has 0 radical (unpaired) electrons. The summed E-state index contributed by atoms with van der Waals surface area (Å²) in [7, 11) is 0. The number of amides is 1. The second kappa shape index (κ2) is 8.31. The highest BCUT2D eigenvalue weighted by Crippen LogP contribution is 2.09. The number of hydrogen-bond acceptors (Lipinski definition) is 4. The fourth-order valence-electron chi connectivity index (χ4n) is 2.64. The van der Waals surface area contributed by atoms with Crippen molar-refractivity contribution in [3.63, 3.8) is 0 Å². The molecule has 2 aromatic carbocycles. The Bertz CT molecular complexity index is 844. The van der Waals surface area contributed by atoms with Gasteiger partial charge in [-0.05, 0) is 23.3 Å². The van der Waals surface area contributed by atoms with Crippen LogP contribution in [0, 0.1) is 0 Å². The Morgan fingerprint density at radius 2 is 1.85 bits per heavy atom. The van der Waals surface area contributed by atoms with E-state index in [1.807, 2.05) is 29.0 Å². The first kappa shape index (κ1) is 17.7. The molecule has 0 bridgehead atoms. The number of phenolic OH excluding ortho intramolecular Hbond substituents is 1. The van der Waals surface area contributed by atoms with Crippen LogP contribution in [-0.4, -0.2) is 26.6 Å². The number of rotatable bonds is 7. The molecule has 1 heterocycles. The molecule has 1 amide bonds. The molecule has 26 heavy (non-hydrogen) atoms. The maximum absolute atomic E-state index is 12.2. The number of aromatic nitrogens is 2. The lowest BCUT2D eigenvalue weighted by Gasteiger charge is -2.11. The molecule has 6 nitrogen and oxygen atoms in total. The number of carbonyl (C=O) groups is 1.